The Hall–Kier alpha value is -2.31. The molecule has 18 heavy (non-hydrogen) atoms. The molecule has 2 rings (SSSR count). The van der Waals surface area contributed by atoms with Gasteiger partial charge in [0.1, 0.15) is 5.69 Å². The first-order chi connectivity index (χ1) is 8.52. The molecule has 0 aliphatic rings. The van der Waals surface area contributed by atoms with Crippen LogP contribution in [-0.2, 0) is 13.6 Å². The molecule has 3 N–H and O–H groups in total. The van der Waals surface area contributed by atoms with Crippen molar-refractivity contribution in [2.75, 3.05) is 11.1 Å². The number of hydrogen-bond donors (Lipinski definition) is 2. The second-order valence-corrected chi connectivity index (χ2v) is 4.01. The van der Waals surface area contributed by atoms with Crippen molar-refractivity contribution in [3.05, 3.63) is 23.8 Å². The molecule has 0 aromatic carbocycles. The summed E-state index contributed by atoms with van der Waals surface area (Å²) in [6, 6.07) is 0. The van der Waals surface area contributed by atoms with Gasteiger partial charge in [-0.15, -0.1) is 0 Å². The lowest BCUT2D eigenvalue weighted by molar-refractivity contribution is 0.101. The molecule has 0 aliphatic carbocycles. The number of aryl methyl sites for hydroxylation is 3. The van der Waals surface area contributed by atoms with Crippen LogP contribution < -0.4 is 11.1 Å². The van der Waals surface area contributed by atoms with Gasteiger partial charge in [0.05, 0.1) is 23.3 Å². The average molecular weight is 248 g/mol. The van der Waals surface area contributed by atoms with Crippen molar-refractivity contribution in [2.45, 2.75) is 20.4 Å². The van der Waals surface area contributed by atoms with Gasteiger partial charge in [-0.1, -0.05) is 0 Å². The lowest BCUT2D eigenvalue weighted by Gasteiger charge is -2.04. The first-order valence-corrected chi connectivity index (χ1v) is 5.65. The van der Waals surface area contributed by atoms with Gasteiger partial charge in [0.25, 0.3) is 5.91 Å². The highest BCUT2D eigenvalue weighted by atomic mass is 16.2. The molecule has 2 aromatic heterocycles. The number of amides is 1. The molecule has 1 amide bonds. The van der Waals surface area contributed by atoms with E-state index in [0.29, 0.717) is 17.1 Å². The summed E-state index contributed by atoms with van der Waals surface area (Å²) in [6.45, 7) is 4.58. The maximum absolute atomic E-state index is 12.1. The van der Waals surface area contributed by atoms with Crippen LogP contribution in [0, 0.1) is 6.92 Å². The predicted octanol–water partition coefficient (Wildman–Crippen LogP) is 0.779. The number of nitrogens with zero attached hydrogens (tertiary/aromatic N) is 4. The molecule has 0 bridgehead atoms. The van der Waals surface area contributed by atoms with Crippen LogP contribution >= 0.6 is 0 Å². The number of carbonyl (C=O) groups is 1. The van der Waals surface area contributed by atoms with Gasteiger partial charge >= 0.3 is 0 Å². The molecule has 0 spiro atoms. The Morgan fingerprint density at radius 3 is 2.78 bits per heavy atom. The van der Waals surface area contributed by atoms with Crippen LogP contribution in [0.15, 0.2) is 12.4 Å². The van der Waals surface area contributed by atoms with Gasteiger partial charge in [0, 0.05) is 19.8 Å². The Kier molecular flexibility index (Phi) is 3.05. The zero-order chi connectivity index (χ0) is 13.3. The SMILES string of the molecule is CCn1cc(NC(=O)c2c(N)cnn2C)c(C)n1. The van der Waals surface area contributed by atoms with Gasteiger partial charge in [0.15, 0.2) is 0 Å². The van der Waals surface area contributed by atoms with Gasteiger partial charge < -0.3 is 11.1 Å². The number of nitrogens with two attached hydrogens (primary N) is 1. The molecular weight excluding hydrogens is 232 g/mol. The van der Waals surface area contributed by atoms with Gasteiger partial charge in [-0.25, -0.2) is 0 Å². The summed E-state index contributed by atoms with van der Waals surface area (Å²) in [5.41, 5.74) is 7.86. The van der Waals surface area contributed by atoms with Gasteiger partial charge in [0.2, 0.25) is 0 Å². The second-order valence-electron chi connectivity index (χ2n) is 4.01. The molecule has 0 radical (unpaired) electrons. The van der Waals surface area contributed by atoms with Gasteiger partial charge in [-0.2, -0.15) is 10.2 Å². The molecule has 0 fully saturated rings. The van der Waals surface area contributed by atoms with Crippen LogP contribution in [0.5, 0.6) is 0 Å². The number of rotatable bonds is 3. The van der Waals surface area contributed by atoms with Crippen molar-refractivity contribution in [3.63, 3.8) is 0 Å². The number of anilines is 2. The molecule has 7 nitrogen and oxygen atoms in total. The molecule has 0 saturated heterocycles. The zero-order valence-corrected chi connectivity index (χ0v) is 10.6. The quantitative estimate of drug-likeness (QED) is 0.839. The second kappa shape index (κ2) is 4.52. The van der Waals surface area contributed by atoms with E-state index in [-0.39, 0.29) is 5.91 Å². The number of nitrogens with one attached hydrogen (secondary N) is 1. The van der Waals surface area contributed by atoms with E-state index in [1.807, 2.05) is 13.8 Å². The van der Waals surface area contributed by atoms with Crippen molar-refractivity contribution in [1.29, 1.82) is 0 Å². The molecule has 2 heterocycles. The summed E-state index contributed by atoms with van der Waals surface area (Å²) in [4.78, 5) is 12.1. The van der Waals surface area contributed by atoms with Gasteiger partial charge in [-0.05, 0) is 13.8 Å². The fraction of sp³-hybridized carbons (Fsp3) is 0.364. The number of nitrogen functional groups attached to an aromatic ring is 1. The fourth-order valence-corrected chi connectivity index (χ4v) is 1.72. The average Bonchev–Trinajstić information content (AvgIpc) is 2.83. The summed E-state index contributed by atoms with van der Waals surface area (Å²) < 4.78 is 3.21. The smallest absolute Gasteiger partial charge is 0.276 e. The number of hydrogen-bond acceptors (Lipinski definition) is 4. The van der Waals surface area contributed by atoms with E-state index >= 15 is 0 Å². The summed E-state index contributed by atoms with van der Waals surface area (Å²) in [6.07, 6.45) is 3.25. The molecular formula is C11H16N6O. The highest BCUT2D eigenvalue weighted by Gasteiger charge is 2.16. The summed E-state index contributed by atoms with van der Waals surface area (Å²) in [5.74, 6) is -0.286. The minimum atomic E-state index is -0.286. The minimum Gasteiger partial charge on any atom is -0.396 e. The van der Waals surface area contributed by atoms with Gasteiger partial charge in [-0.3, -0.25) is 14.2 Å². The molecule has 0 saturated carbocycles. The lowest BCUT2D eigenvalue weighted by Crippen LogP contribution is -2.17. The van der Waals surface area contributed by atoms with Crippen molar-refractivity contribution in [3.8, 4) is 0 Å². The van der Waals surface area contributed by atoms with E-state index in [0.717, 1.165) is 12.2 Å². The summed E-state index contributed by atoms with van der Waals surface area (Å²) in [5, 5.41) is 11.0. The first kappa shape index (κ1) is 12.2. The largest absolute Gasteiger partial charge is 0.396 e. The monoisotopic (exact) mass is 248 g/mol. The third-order valence-corrected chi connectivity index (χ3v) is 2.70. The summed E-state index contributed by atoms with van der Waals surface area (Å²) >= 11 is 0. The first-order valence-electron chi connectivity index (χ1n) is 5.65. The van der Waals surface area contributed by atoms with Crippen LogP contribution in [0.3, 0.4) is 0 Å². The maximum atomic E-state index is 12.1. The predicted molar refractivity (Wildman–Crippen MR) is 68.2 cm³/mol. The highest BCUT2D eigenvalue weighted by Crippen LogP contribution is 2.16. The highest BCUT2D eigenvalue weighted by molar-refractivity contribution is 6.06. The number of aromatic nitrogens is 4. The van der Waals surface area contributed by atoms with Crippen LogP contribution in [0.4, 0.5) is 11.4 Å². The lowest BCUT2D eigenvalue weighted by atomic mass is 10.3. The van der Waals surface area contributed by atoms with Crippen molar-refractivity contribution < 1.29 is 4.79 Å². The van der Waals surface area contributed by atoms with Crippen molar-refractivity contribution in [2.24, 2.45) is 7.05 Å². The molecule has 0 aliphatic heterocycles. The maximum Gasteiger partial charge on any atom is 0.276 e. The number of carbonyl (C=O) groups excluding carboxylic acids is 1. The molecule has 0 atom stereocenters. The van der Waals surface area contributed by atoms with Crippen LogP contribution in [-0.4, -0.2) is 25.5 Å². The van der Waals surface area contributed by atoms with E-state index < -0.39 is 0 Å². The summed E-state index contributed by atoms with van der Waals surface area (Å²) in [7, 11) is 1.67. The Morgan fingerprint density at radius 1 is 1.56 bits per heavy atom. The zero-order valence-electron chi connectivity index (χ0n) is 10.6. The topological polar surface area (TPSA) is 90.8 Å². The van der Waals surface area contributed by atoms with Crippen molar-refractivity contribution >= 4 is 17.3 Å². The van der Waals surface area contributed by atoms with Crippen LogP contribution in [0.25, 0.3) is 0 Å². The van der Waals surface area contributed by atoms with E-state index in [2.05, 4.69) is 15.5 Å². The molecule has 96 valence electrons. The van der Waals surface area contributed by atoms with E-state index in [1.165, 1.54) is 10.9 Å². The van der Waals surface area contributed by atoms with Crippen LogP contribution in [0.1, 0.15) is 23.1 Å². The normalized spacial score (nSPS) is 10.6. The van der Waals surface area contributed by atoms with E-state index in [9.17, 15) is 4.79 Å². The standard InChI is InChI=1S/C11H16N6O/c1-4-17-6-9(7(2)15-17)14-11(18)10-8(12)5-13-16(10)3/h5-6H,4,12H2,1-3H3,(H,14,18). The third-order valence-electron chi connectivity index (χ3n) is 2.70. The van der Waals surface area contributed by atoms with E-state index in [1.54, 1.807) is 17.9 Å². The Bertz CT molecular complexity index is 563. The minimum absolute atomic E-state index is 0.286. The molecule has 7 heteroatoms. The molecule has 0 unspecified atom stereocenters. The Morgan fingerprint density at radius 2 is 2.28 bits per heavy atom. The molecule has 2 aromatic rings. The Labute approximate surface area is 105 Å². The third kappa shape index (κ3) is 2.06. The van der Waals surface area contributed by atoms with Crippen LogP contribution in [0.2, 0.25) is 0 Å². The van der Waals surface area contributed by atoms with Crippen molar-refractivity contribution in [1.82, 2.24) is 19.6 Å². The fourth-order valence-electron chi connectivity index (χ4n) is 1.72. The van der Waals surface area contributed by atoms with E-state index in [4.69, 9.17) is 5.73 Å². The Balaban J connectivity index is 2.24.